The zero-order valence-electron chi connectivity index (χ0n) is 9.40. The summed E-state index contributed by atoms with van der Waals surface area (Å²) in [5.41, 5.74) is 0.461. The number of tetrazole rings is 1. The largest absolute Gasteiger partial charge is 0.292 e. The summed E-state index contributed by atoms with van der Waals surface area (Å²) in [4.78, 5) is 11.9. The van der Waals surface area contributed by atoms with Gasteiger partial charge in [0.15, 0.2) is 0 Å². The van der Waals surface area contributed by atoms with Gasteiger partial charge in [-0.1, -0.05) is 18.9 Å². The fraction of sp³-hybridized carbons (Fsp3) is 0.800. The van der Waals surface area contributed by atoms with E-state index in [9.17, 15) is 4.79 Å². The van der Waals surface area contributed by atoms with Crippen molar-refractivity contribution in [3.63, 3.8) is 0 Å². The van der Waals surface area contributed by atoms with Crippen molar-refractivity contribution in [1.82, 2.24) is 20.6 Å². The molecule has 2 saturated carbocycles. The average Bonchev–Trinajstić information content (AvgIpc) is 2.73. The minimum Gasteiger partial charge on any atom is -0.292 e. The number of carbonyl (C=O) groups is 1. The van der Waals surface area contributed by atoms with E-state index >= 15 is 0 Å². The van der Waals surface area contributed by atoms with Gasteiger partial charge in [0.25, 0.3) is 5.95 Å². The highest BCUT2D eigenvalue weighted by atomic mass is 16.2. The summed E-state index contributed by atoms with van der Waals surface area (Å²) in [6.07, 6.45) is 2.00. The lowest BCUT2D eigenvalue weighted by molar-refractivity contribution is -0.120. The Bertz CT molecular complexity index is 399. The third kappa shape index (κ3) is 1.32. The van der Waals surface area contributed by atoms with E-state index in [4.69, 9.17) is 0 Å². The molecule has 0 saturated heterocycles. The summed E-state index contributed by atoms with van der Waals surface area (Å²) in [6, 6.07) is 0. The Kier molecular flexibility index (Phi) is 1.84. The molecule has 86 valence electrons. The molecule has 0 aromatic carbocycles. The molecule has 0 spiro atoms. The quantitative estimate of drug-likeness (QED) is 0.774. The van der Waals surface area contributed by atoms with E-state index < -0.39 is 0 Å². The van der Waals surface area contributed by atoms with Gasteiger partial charge < -0.3 is 0 Å². The van der Waals surface area contributed by atoms with E-state index in [0.717, 1.165) is 24.7 Å². The number of anilines is 1. The molecule has 1 heterocycles. The number of aromatic nitrogens is 4. The summed E-state index contributed by atoms with van der Waals surface area (Å²) in [5, 5.41) is 15.8. The topological polar surface area (TPSA) is 83.6 Å². The minimum absolute atomic E-state index is 0.0319. The number of hydrogen-bond donors (Lipinski definition) is 2. The molecule has 2 N–H and O–H groups in total. The number of hydrogen-bond acceptors (Lipinski definition) is 4. The van der Waals surface area contributed by atoms with Gasteiger partial charge in [0, 0.05) is 5.92 Å². The van der Waals surface area contributed by atoms with Crippen LogP contribution in [0.4, 0.5) is 5.95 Å². The maximum absolute atomic E-state index is 11.9. The highest BCUT2D eigenvalue weighted by molar-refractivity contribution is 5.91. The molecule has 16 heavy (non-hydrogen) atoms. The van der Waals surface area contributed by atoms with E-state index in [1.54, 1.807) is 0 Å². The van der Waals surface area contributed by atoms with Gasteiger partial charge in [0.1, 0.15) is 0 Å². The third-order valence-corrected chi connectivity index (χ3v) is 4.32. The molecule has 2 aliphatic rings. The van der Waals surface area contributed by atoms with Crippen LogP contribution in [-0.2, 0) is 4.79 Å². The van der Waals surface area contributed by atoms with Gasteiger partial charge in [0.2, 0.25) is 5.91 Å². The first-order valence-corrected chi connectivity index (χ1v) is 5.63. The normalized spacial score (nSPS) is 34.5. The van der Waals surface area contributed by atoms with Gasteiger partial charge in [-0.15, -0.1) is 5.10 Å². The van der Waals surface area contributed by atoms with Crippen LogP contribution in [0.15, 0.2) is 0 Å². The molecule has 1 amide bonds. The molecule has 0 radical (unpaired) electrons. The minimum atomic E-state index is 0.0319. The molecule has 6 nitrogen and oxygen atoms in total. The predicted octanol–water partition coefficient (Wildman–Crippen LogP) is 0.820. The van der Waals surface area contributed by atoms with E-state index in [1.807, 2.05) is 0 Å². The molecular weight excluding hydrogens is 206 g/mol. The standard InChI is InChI=1S/C10H15N5O/c1-10(2)6-3-5(4-7(6)10)8(16)11-9-12-14-15-13-9/h5-7H,3-4H2,1-2H3,(H2,11,12,13,14,15,16)/t5?,6-,7+. The number of rotatable bonds is 2. The van der Waals surface area contributed by atoms with Crippen molar-refractivity contribution in [2.24, 2.45) is 23.2 Å². The lowest BCUT2D eigenvalue weighted by atomic mass is 9.92. The highest BCUT2D eigenvalue weighted by Gasteiger charge is 2.62. The summed E-state index contributed by atoms with van der Waals surface area (Å²) < 4.78 is 0. The summed E-state index contributed by atoms with van der Waals surface area (Å²) in [7, 11) is 0. The fourth-order valence-corrected chi connectivity index (χ4v) is 3.14. The Morgan fingerprint density at radius 1 is 1.44 bits per heavy atom. The first-order chi connectivity index (χ1) is 7.59. The van der Waals surface area contributed by atoms with Crippen LogP contribution in [0, 0.1) is 23.2 Å². The van der Waals surface area contributed by atoms with Crippen LogP contribution in [0.3, 0.4) is 0 Å². The van der Waals surface area contributed by atoms with Crippen LogP contribution >= 0.6 is 0 Å². The van der Waals surface area contributed by atoms with Gasteiger partial charge in [0.05, 0.1) is 0 Å². The molecule has 6 heteroatoms. The van der Waals surface area contributed by atoms with Crippen molar-refractivity contribution in [2.75, 3.05) is 5.32 Å². The monoisotopic (exact) mass is 221 g/mol. The molecule has 2 aliphatic carbocycles. The van der Waals surface area contributed by atoms with Crippen LogP contribution in [0.25, 0.3) is 0 Å². The van der Waals surface area contributed by atoms with Crippen molar-refractivity contribution in [3.8, 4) is 0 Å². The number of amides is 1. The zero-order valence-corrected chi connectivity index (χ0v) is 9.40. The summed E-state index contributed by atoms with van der Waals surface area (Å²) >= 11 is 0. The van der Waals surface area contributed by atoms with Gasteiger partial charge in [-0.3, -0.25) is 10.1 Å². The Hall–Kier alpha value is -1.46. The molecule has 3 atom stereocenters. The first kappa shape index (κ1) is 9.74. The molecule has 1 aromatic heterocycles. The Morgan fingerprint density at radius 2 is 2.12 bits per heavy atom. The van der Waals surface area contributed by atoms with Gasteiger partial charge >= 0.3 is 0 Å². The Morgan fingerprint density at radius 3 is 2.69 bits per heavy atom. The molecule has 0 aliphatic heterocycles. The molecular formula is C10H15N5O. The van der Waals surface area contributed by atoms with Gasteiger partial charge in [-0.2, -0.15) is 5.21 Å². The van der Waals surface area contributed by atoms with Crippen LogP contribution in [-0.4, -0.2) is 26.5 Å². The Labute approximate surface area is 93.2 Å². The van der Waals surface area contributed by atoms with Crippen LogP contribution in [0.5, 0.6) is 0 Å². The lowest BCUT2D eigenvalue weighted by Crippen LogP contribution is -2.23. The SMILES string of the molecule is CC1(C)[C@@H]2CC(C(=O)Nc3nn[nH]n3)C[C@@H]21. The maximum atomic E-state index is 11.9. The number of nitrogens with zero attached hydrogens (tertiary/aromatic N) is 3. The second kappa shape index (κ2) is 3.02. The van der Waals surface area contributed by atoms with Crippen LogP contribution in [0.1, 0.15) is 26.7 Å². The molecule has 0 bridgehead atoms. The smallest absolute Gasteiger partial charge is 0.269 e. The molecule has 3 rings (SSSR count). The van der Waals surface area contributed by atoms with Gasteiger partial charge in [-0.05, 0) is 35.3 Å². The van der Waals surface area contributed by atoms with E-state index in [0.29, 0.717) is 5.41 Å². The number of fused-ring (bicyclic) bond motifs is 1. The second-order valence-corrected chi connectivity index (χ2v) is 5.43. The van der Waals surface area contributed by atoms with E-state index in [2.05, 4.69) is 39.8 Å². The van der Waals surface area contributed by atoms with Crippen molar-refractivity contribution in [3.05, 3.63) is 0 Å². The summed E-state index contributed by atoms with van der Waals surface area (Å²) in [5.74, 6) is 1.89. The Balaban J connectivity index is 1.59. The third-order valence-electron chi connectivity index (χ3n) is 4.32. The first-order valence-electron chi connectivity index (χ1n) is 5.63. The maximum Gasteiger partial charge on any atom is 0.269 e. The average molecular weight is 221 g/mol. The highest BCUT2D eigenvalue weighted by Crippen LogP contribution is 2.68. The number of nitrogens with one attached hydrogen (secondary N) is 2. The molecule has 2 fully saturated rings. The van der Waals surface area contributed by atoms with Crippen LogP contribution < -0.4 is 5.32 Å². The van der Waals surface area contributed by atoms with E-state index in [-0.39, 0.29) is 17.8 Å². The van der Waals surface area contributed by atoms with Crippen molar-refractivity contribution in [2.45, 2.75) is 26.7 Å². The van der Waals surface area contributed by atoms with Crippen molar-refractivity contribution >= 4 is 11.9 Å². The zero-order chi connectivity index (χ0) is 11.3. The van der Waals surface area contributed by atoms with Crippen molar-refractivity contribution in [1.29, 1.82) is 0 Å². The fourth-order valence-electron chi connectivity index (χ4n) is 3.14. The number of carbonyl (C=O) groups excluding carboxylic acids is 1. The van der Waals surface area contributed by atoms with Crippen LogP contribution in [0.2, 0.25) is 0 Å². The lowest BCUT2D eigenvalue weighted by Gasteiger charge is -2.15. The number of H-pyrrole nitrogens is 1. The molecule has 1 unspecified atom stereocenters. The van der Waals surface area contributed by atoms with Crippen molar-refractivity contribution < 1.29 is 4.79 Å². The summed E-state index contributed by atoms with van der Waals surface area (Å²) in [6.45, 7) is 4.57. The predicted molar refractivity (Wildman–Crippen MR) is 56.3 cm³/mol. The number of aromatic amines is 1. The van der Waals surface area contributed by atoms with E-state index in [1.165, 1.54) is 0 Å². The second-order valence-electron chi connectivity index (χ2n) is 5.43. The molecule has 1 aromatic rings. The van der Waals surface area contributed by atoms with Gasteiger partial charge in [-0.25, -0.2) is 0 Å².